The standard InChI is InChI=1S/C29H28F2N2O3/c1-35-26-13-7-19(16-27(26)36-2)25-4-3-15-33(25)28(34)14-11-22-23-17-21(31)10-12-24(23)32-29(22)18-5-8-20(30)9-6-18/h5-10,12-13,16-17,25,32H,3-4,11,14-15H2,1-2H3/t25-/m0/s1. The number of amides is 1. The van der Waals surface area contributed by atoms with Gasteiger partial charge in [-0.1, -0.05) is 6.07 Å². The normalized spacial score (nSPS) is 15.4. The number of likely N-dealkylation sites (tertiary alicyclic amines) is 1. The number of methoxy groups -OCH3 is 2. The van der Waals surface area contributed by atoms with Crippen LogP contribution in [0.15, 0.2) is 60.7 Å². The molecule has 5 rings (SSSR count). The summed E-state index contributed by atoms with van der Waals surface area (Å²) in [5.74, 6) is 0.667. The summed E-state index contributed by atoms with van der Waals surface area (Å²) in [5, 5.41) is 0.736. The molecule has 0 radical (unpaired) electrons. The first kappa shape index (κ1) is 23.9. The van der Waals surface area contributed by atoms with Gasteiger partial charge in [-0.3, -0.25) is 4.79 Å². The van der Waals surface area contributed by atoms with Gasteiger partial charge in [0.05, 0.1) is 20.3 Å². The SMILES string of the molecule is COc1ccc([C@@H]2CCCN2C(=O)CCc2c(-c3ccc(F)cc3)[nH]c3ccc(F)cc23)cc1OC. The fourth-order valence-electron chi connectivity index (χ4n) is 5.19. The third-order valence-electron chi connectivity index (χ3n) is 6.96. The highest BCUT2D eigenvalue weighted by atomic mass is 19.1. The first-order chi connectivity index (χ1) is 17.5. The first-order valence-electron chi connectivity index (χ1n) is 12.1. The highest BCUT2D eigenvalue weighted by Crippen LogP contribution is 2.38. The van der Waals surface area contributed by atoms with E-state index in [1.165, 1.54) is 24.3 Å². The number of hydrogen-bond donors (Lipinski definition) is 1. The molecule has 36 heavy (non-hydrogen) atoms. The molecule has 1 N–H and O–H groups in total. The Morgan fingerprint density at radius 3 is 2.47 bits per heavy atom. The van der Waals surface area contributed by atoms with Gasteiger partial charge in [-0.25, -0.2) is 8.78 Å². The Balaban J connectivity index is 1.41. The third-order valence-corrected chi connectivity index (χ3v) is 6.96. The molecular weight excluding hydrogens is 462 g/mol. The molecule has 186 valence electrons. The van der Waals surface area contributed by atoms with Crippen LogP contribution in [0.2, 0.25) is 0 Å². The second kappa shape index (κ2) is 10.0. The van der Waals surface area contributed by atoms with E-state index in [-0.39, 0.29) is 30.0 Å². The molecule has 5 nitrogen and oxygen atoms in total. The lowest BCUT2D eigenvalue weighted by molar-refractivity contribution is -0.132. The molecule has 1 fully saturated rings. The summed E-state index contributed by atoms with van der Waals surface area (Å²) in [4.78, 5) is 18.7. The summed E-state index contributed by atoms with van der Waals surface area (Å²) in [6.07, 6.45) is 2.51. The maximum atomic E-state index is 14.1. The Morgan fingerprint density at radius 2 is 1.72 bits per heavy atom. The number of H-pyrrole nitrogens is 1. The topological polar surface area (TPSA) is 54.6 Å². The number of rotatable bonds is 7. The number of benzene rings is 3. The minimum Gasteiger partial charge on any atom is -0.493 e. The van der Waals surface area contributed by atoms with Crippen molar-refractivity contribution in [3.63, 3.8) is 0 Å². The van der Waals surface area contributed by atoms with Crippen LogP contribution in [0.4, 0.5) is 8.78 Å². The van der Waals surface area contributed by atoms with Gasteiger partial charge < -0.3 is 19.4 Å². The number of halogens is 2. The second-order valence-electron chi connectivity index (χ2n) is 9.03. The van der Waals surface area contributed by atoms with Gasteiger partial charge >= 0.3 is 0 Å². The Bertz CT molecular complexity index is 1400. The lowest BCUT2D eigenvalue weighted by Crippen LogP contribution is -2.30. The largest absolute Gasteiger partial charge is 0.493 e. The van der Waals surface area contributed by atoms with Crippen LogP contribution >= 0.6 is 0 Å². The van der Waals surface area contributed by atoms with Crippen molar-refractivity contribution in [2.24, 2.45) is 0 Å². The molecule has 3 aromatic carbocycles. The molecule has 0 aliphatic carbocycles. The van der Waals surface area contributed by atoms with Gasteiger partial charge in [0.1, 0.15) is 11.6 Å². The zero-order chi connectivity index (χ0) is 25.2. The summed E-state index contributed by atoms with van der Waals surface area (Å²) < 4.78 is 38.5. The smallest absolute Gasteiger partial charge is 0.223 e. The molecule has 0 unspecified atom stereocenters. The van der Waals surface area contributed by atoms with Crippen molar-refractivity contribution in [3.05, 3.63) is 83.4 Å². The fraction of sp³-hybridized carbons (Fsp3) is 0.276. The summed E-state index contributed by atoms with van der Waals surface area (Å²) in [5.41, 5.74) is 4.22. The minimum absolute atomic E-state index is 0.0331. The summed E-state index contributed by atoms with van der Waals surface area (Å²) in [7, 11) is 3.20. The molecule has 1 aliphatic heterocycles. The number of carbonyl (C=O) groups is 1. The summed E-state index contributed by atoms with van der Waals surface area (Å²) in [6.45, 7) is 0.686. The van der Waals surface area contributed by atoms with Crippen LogP contribution in [-0.2, 0) is 11.2 Å². The van der Waals surface area contributed by atoms with Gasteiger partial charge in [-0.2, -0.15) is 0 Å². The van der Waals surface area contributed by atoms with Crippen LogP contribution in [0.3, 0.4) is 0 Å². The molecule has 7 heteroatoms. The number of hydrogen-bond acceptors (Lipinski definition) is 3. The molecule has 4 aromatic rings. The zero-order valence-electron chi connectivity index (χ0n) is 20.3. The molecule has 0 saturated carbocycles. The quantitative estimate of drug-likeness (QED) is 0.325. The van der Waals surface area contributed by atoms with Crippen molar-refractivity contribution in [1.29, 1.82) is 0 Å². The lowest BCUT2D eigenvalue weighted by Gasteiger charge is -2.26. The van der Waals surface area contributed by atoms with Gasteiger partial charge in [-0.05, 0) is 90.6 Å². The van der Waals surface area contributed by atoms with Gasteiger partial charge in [0.2, 0.25) is 5.91 Å². The number of fused-ring (bicyclic) bond motifs is 1. The predicted octanol–water partition coefficient (Wildman–Crippen LogP) is 6.43. The summed E-state index contributed by atoms with van der Waals surface area (Å²) >= 11 is 0. The van der Waals surface area contributed by atoms with Crippen molar-refractivity contribution >= 4 is 16.8 Å². The molecule has 2 heterocycles. The molecule has 1 amide bonds. The maximum Gasteiger partial charge on any atom is 0.223 e. The number of carbonyl (C=O) groups excluding carboxylic acids is 1. The van der Waals surface area contributed by atoms with Gasteiger partial charge in [0.15, 0.2) is 11.5 Å². The average Bonchev–Trinajstić information content (AvgIpc) is 3.52. The van der Waals surface area contributed by atoms with E-state index in [1.54, 1.807) is 32.4 Å². The molecule has 0 bridgehead atoms. The van der Waals surface area contributed by atoms with E-state index in [1.807, 2.05) is 23.1 Å². The van der Waals surface area contributed by atoms with E-state index in [4.69, 9.17) is 9.47 Å². The Hall–Kier alpha value is -3.87. The van der Waals surface area contributed by atoms with Gasteiger partial charge in [-0.15, -0.1) is 0 Å². The van der Waals surface area contributed by atoms with Crippen LogP contribution in [0.1, 0.15) is 36.4 Å². The predicted molar refractivity (Wildman–Crippen MR) is 135 cm³/mol. The number of aryl methyl sites for hydroxylation is 1. The Morgan fingerprint density at radius 1 is 0.972 bits per heavy atom. The fourth-order valence-corrected chi connectivity index (χ4v) is 5.19. The molecule has 1 aliphatic rings. The van der Waals surface area contributed by atoms with Crippen LogP contribution in [0.25, 0.3) is 22.2 Å². The van der Waals surface area contributed by atoms with Crippen molar-refractivity contribution in [2.45, 2.75) is 31.7 Å². The Labute approximate surface area is 208 Å². The second-order valence-corrected chi connectivity index (χ2v) is 9.03. The monoisotopic (exact) mass is 490 g/mol. The molecule has 0 spiro atoms. The number of aromatic amines is 1. The average molecular weight is 491 g/mol. The van der Waals surface area contributed by atoms with Gasteiger partial charge in [0.25, 0.3) is 0 Å². The summed E-state index contributed by atoms with van der Waals surface area (Å²) in [6, 6.07) is 16.5. The van der Waals surface area contributed by atoms with E-state index < -0.39 is 0 Å². The van der Waals surface area contributed by atoms with Crippen LogP contribution in [0.5, 0.6) is 11.5 Å². The molecule has 1 atom stereocenters. The van der Waals surface area contributed by atoms with Crippen LogP contribution in [-0.4, -0.2) is 36.6 Å². The third kappa shape index (κ3) is 4.53. The van der Waals surface area contributed by atoms with Crippen LogP contribution < -0.4 is 9.47 Å². The number of nitrogens with zero attached hydrogens (tertiary/aromatic N) is 1. The van der Waals surface area contributed by atoms with Crippen molar-refractivity contribution in [3.8, 4) is 22.8 Å². The van der Waals surface area contributed by atoms with E-state index in [0.717, 1.165) is 46.1 Å². The highest BCUT2D eigenvalue weighted by molar-refractivity contribution is 5.91. The van der Waals surface area contributed by atoms with Gasteiger partial charge in [0, 0.05) is 29.6 Å². The molecular formula is C29H28F2N2O3. The highest BCUT2D eigenvalue weighted by Gasteiger charge is 2.30. The number of ether oxygens (including phenoxy) is 2. The van der Waals surface area contributed by atoms with E-state index in [0.29, 0.717) is 24.5 Å². The lowest BCUT2D eigenvalue weighted by atomic mass is 10.00. The van der Waals surface area contributed by atoms with Crippen LogP contribution in [0, 0.1) is 11.6 Å². The number of aromatic nitrogens is 1. The van der Waals surface area contributed by atoms with Crippen molar-refractivity contribution < 1.29 is 23.0 Å². The van der Waals surface area contributed by atoms with E-state index >= 15 is 0 Å². The van der Waals surface area contributed by atoms with E-state index in [2.05, 4.69) is 4.98 Å². The number of nitrogens with one attached hydrogen (secondary N) is 1. The van der Waals surface area contributed by atoms with Crippen molar-refractivity contribution in [1.82, 2.24) is 9.88 Å². The minimum atomic E-state index is -0.340. The Kier molecular flexibility index (Phi) is 6.63. The molecule has 1 saturated heterocycles. The first-order valence-corrected chi connectivity index (χ1v) is 12.1. The van der Waals surface area contributed by atoms with Crippen molar-refractivity contribution in [2.75, 3.05) is 20.8 Å². The van der Waals surface area contributed by atoms with E-state index in [9.17, 15) is 13.6 Å². The molecule has 1 aromatic heterocycles. The maximum absolute atomic E-state index is 14.1. The zero-order valence-corrected chi connectivity index (χ0v) is 20.3.